The molecule has 0 heterocycles. The van der Waals surface area contributed by atoms with Crippen molar-refractivity contribution < 1.29 is 38.4 Å². The molecular weight excluding hydrogens is 356 g/mol. The Labute approximate surface area is 155 Å². The van der Waals surface area contributed by atoms with Crippen molar-refractivity contribution in [2.75, 3.05) is 28.4 Å². The molecule has 0 saturated heterocycles. The van der Waals surface area contributed by atoms with E-state index in [1.54, 1.807) is 0 Å². The Morgan fingerprint density at radius 3 is 1.78 bits per heavy atom. The number of phenolic OH excluding ortho intramolecular Hbond substituents is 1. The third-order valence-electron chi connectivity index (χ3n) is 4.10. The molecule has 1 N–H and O–H groups in total. The highest BCUT2D eigenvalue weighted by Gasteiger charge is 2.30. The van der Waals surface area contributed by atoms with Crippen molar-refractivity contribution in [1.82, 2.24) is 0 Å². The van der Waals surface area contributed by atoms with Crippen LogP contribution in [0.4, 0.5) is 0 Å². The summed E-state index contributed by atoms with van der Waals surface area (Å²) in [7, 11) is 5.10. The standard InChI is InChI=1S/C19H20O8/c1-9(20)6-11-10-7-13(24-2)14(25-3)8-12(10)17(21)16(19(23)27-5)15(11)18(22)26-4/h7-8,21H,6H2,1-5H3. The zero-order valence-corrected chi connectivity index (χ0v) is 15.7. The van der Waals surface area contributed by atoms with Crippen LogP contribution in [0.25, 0.3) is 10.8 Å². The van der Waals surface area contributed by atoms with Crippen molar-refractivity contribution in [2.45, 2.75) is 13.3 Å². The van der Waals surface area contributed by atoms with Gasteiger partial charge in [-0.15, -0.1) is 0 Å². The average Bonchev–Trinajstić information content (AvgIpc) is 2.67. The van der Waals surface area contributed by atoms with Crippen molar-refractivity contribution in [3.8, 4) is 17.2 Å². The molecule has 27 heavy (non-hydrogen) atoms. The fourth-order valence-corrected chi connectivity index (χ4v) is 2.92. The van der Waals surface area contributed by atoms with E-state index in [-0.39, 0.29) is 34.3 Å². The molecule has 0 unspecified atom stereocenters. The van der Waals surface area contributed by atoms with Gasteiger partial charge in [0.1, 0.15) is 17.1 Å². The Hall–Kier alpha value is -3.29. The maximum absolute atomic E-state index is 12.4. The van der Waals surface area contributed by atoms with E-state index in [1.807, 2.05) is 0 Å². The first kappa shape index (κ1) is 20.0. The van der Waals surface area contributed by atoms with Gasteiger partial charge in [0.25, 0.3) is 0 Å². The number of carbonyl (C=O) groups is 3. The first-order chi connectivity index (χ1) is 12.8. The van der Waals surface area contributed by atoms with E-state index in [0.29, 0.717) is 16.9 Å². The SMILES string of the molecule is COC(=O)c1c(C(=O)OC)c(CC(C)=O)c2cc(OC)c(OC)cc2c1O. The molecule has 0 fully saturated rings. The molecular formula is C19H20O8. The minimum atomic E-state index is -0.936. The zero-order valence-electron chi connectivity index (χ0n) is 15.7. The maximum atomic E-state index is 12.4. The lowest BCUT2D eigenvalue weighted by molar-refractivity contribution is -0.116. The first-order valence-corrected chi connectivity index (χ1v) is 7.90. The van der Waals surface area contributed by atoms with Crippen molar-refractivity contribution in [3.63, 3.8) is 0 Å². The second-order valence-electron chi connectivity index (χ2n) is 5.69. The number of rotatable bonds is 6. The number of hydrogen-bond donors (Lipinski definition) is 1. The van der Waals surface area contributed by atoms with Gasteiger partial charge in [0.15, 0.2) is 11.5 Å². The minimum absolute atomic E-state index is 0.166. The van der Waals surface area contributed by atoms with Crippen molar-refractivity contribution >= 4 is 28.5 Å². The molecule has 0 aliphatic rings. The van der Waals surface area contributed by atoms with E-state index >= 15 is 0 Å². The van der Waals surface area contributed by atoms with Gasteiger partial charge in [0, 0.05) is 11.8 Å². The van der Waals surface area contributed by atoms with Crippen LogP contribution in [0.5, 0.6) is 17.2 Å². The number of Topliss-reactive ketones (excluding diaryl/α,β-unsaturated/α-hetero) is 1. The van der Waals surface area contributed by atoms with Crippen LogP contribution in [0.15, 0.2) is 12.1 Å². The van der Waals surface area contributed by atoms with Crippen LogP contribution in [-0.2, 0) is 20.7 Å². The first-order valence-electron chi connectivity index (χ1n) is 7.90. The number of carbonyl (C=O) groups excluding carboxylic acids is 3. The number of aromatic hydroxyl groups is 1. The Balaban J connectivity index is 3.11. The lowest BCUT2D eigenvalue weighted by Crippen LogP contribution is -2.17. The quantitative estimate of drug-likeness (QED) is 0.765. The molecule has 8 nitrogen and oxygen atoms in total. The summed E-state index contributed by atoms with van der Waals surface area (Å²) in [6.45, 7) is 1.35. The lowest BCUT2D eigenvalue weighted by atomic mass is 9.89. The van der Waals surface area contributed by atoms with E-state index in [0.717, 1.165) is 14.2 Å². The van der Waals surface area contributed by atoms with E-state index < -0.39 is 17.7 Å². The summed E-state index contributed by atoms with van der Waals surface area (Å²) in [4.78, 5) is 36.6. The molecule has 0 saturated carbocycles. The highest BCUT2D eigenvalue weighted by molar-refractivity contribution is 6.14. The van der Waals surface area contributed by atoms with Crippen LogP contribution in [0.3, 0.4) is 0 Å². The molecule has 144 valence electrons. The molecule has 2 aromatic carbocycles. The summed E-state index contributed by atoms with van der Waals surface area (Å²) < 4.78 is 20.0. The molecule has 0 bridgehead atoms. The largest absolute Gasteiger partial charge is 0.506 e. The Morgan fingerprint density at radius 1 is 0.852 bits per heavy atom. The number of hydrogen-bond acceptors (Lipinski definition) is 8. The second kappa shape index (κ2) is 7.94. The number of esters is 2. The number of ketones is 1. The summed E-state index contributed by atoms with van der Waals surface area (Å²) in [5.41, 5.74) is -0.374. The smallest absolute Gasteiger partial charge is 0.342 e. The van der Waals surface area contributed by atoms with Gasteiger partial charge in [0.05, 0.1) is 34.0 Å². The second-order valence-corrected chi connectivity index (χ2v) is 5.69. The minimum Gasteiger partial charge on any atom is -0.506 e. The Kier molecular flexibility index (Phi) is 5.89. The van der Waals surface area contributed by atoms with E-state index in [1.165, 1.54) is 33.3 Å². The monoisotopic (exact) mass is 376 g/mol. The van der Waals surface area contributed by atoms with Crippen LogP contribution in [0, 0.1) is 0 Å². The van der Waals surface area contributed by atoms with Crippen molar-refractivity contribution in [3.05, 3.63) is 28.8 Å². The van der Waals surface area contributed by atoms with Crippen LogP contribution in [0.2, 0.25) is 0 Å². The van der Waals surface area contributed by atoms with Crippen LogP contribution < -0.4 is 9.47 Å². The van der Waals surface area contributed by atoms with Gasteiger partial charge in [-0.2, -0.15) is 0 Å². The number of fused-ring (bicyclic) bond motifs is 1. The number of ether oxygens (including phenoxy) is 4. The topological polar surface area (TPSA) is 108 Å². The summed E-state index contributed by atoms with van der Waals surface area (Å²) in [6, 6.07) is 2.99. The molecule has 8 heteroatoms. The Morgan fingerprint density at radius 2 is 1.33 bits per heavy atom. The normalized spacial score (nSPS) is 10.4. The molecule has 0 atom stereocenters. The van der Waals surface area contributed by atoms with Gasteiger partial charge in [-0.25, -0.2) is 9.59 Å². The van der Waals surface area contributed by atoms with Crippen LogP contribution in [0.1, 0.15) is 33.2 Å². The summed E-state index contributed by atoms with van der Waals surface area (Å²) in [5, 5.41) is 11.3. The summed E-state index contributed by atoms with van der Waals surface area (Å²) in [5.74, 6) is -1.91. The number of methoxy groups -OCH3 is 4. The third-order valence-corrected chi connectivity index (χ3v) is 4.10. The molecule has 0 amide bonds. The van der Waals surface area contributed by atoms with Crippen molar-refractivity contribution in [2.24, 2.45) is 0 Å². The van der Waals surface area contributed by atoms with Crippen LogP contribution in [-0.4, -0.2) is 51.3 Å². The maximum Gasteiger partial charge on any atom is 0.342 e. The molecule has 0 spiro atoms. The van der Waals surface area contributed by atoms with Gasteiger partial charge < -0.3 is 24.1 Å². The van der Waals surface area contributed by atoms with Gasteiger partial charge in [-0.1, -0.05) is 0 Å². The fourth-order valence-electron chi connectivity index (χ4n) is 2.92. The number of benzene rings is 2. The van der Waals surface area contributed by atoms with Gasteiger partial charge >= 0.3 is 11.9 Å². The fraction of sp³-hybridized carbons (Fsp3) is 0.316. The zero-order chi connectivity index (χ0) is 20.3. The summed E-state index contributed by atoms with van der Waals surface area (Å²) in [6.07, 6.45) is -0.166. The van der Waals surface area contributed by atoms with Crippen molar-refractivity contribution in [1.29, 1.82) is 0 Å². The van der Waals surface area contributed by atoms with Gasteiger partial charge in [0.2, 0.25) is 0 Å². The molecule has 0 radical (unpaired) electrons. The lowest BCUT2D eigenvalue weighted by Gasteiger charge is -2.18. The third kappa shape index (κ3) is 3.51. The molecule has 2 aromatic rings. The summed E-state index contributed by atoms with van der Waals surface area (Å²) >= 11 is 0. The predicted molar refractivity (Wildman–Crippen MR) is 95.8 cm³/mol. The average molecular weight is 376 g/mol. The highest BCUT2D eigenvalue weighted by Crippen LogP contribution is 2.42. The van der Waals surface area contributed by atoms with E-state index in [9.17, 15) is 19.5 Å². The predicted octanol–water partition coefficient (Wildman–Crippen LogP) is 2.27. The van der Waals surface area contributed by atoms with E-state index in [2.05, 4.69) is 0 Å². The van der Waals surface area contributed by atoms with Gasteiger partial charge in [-0.3, -0.25) is 4.79 Å². The highest BCUT2D eigenvalue weighted by atomic mass is 16.5. The molecule has 0 aliphatic carbocycles. The molecule has 0 aliphatic heterocycles. The van der Waals surface area contributed by atoms with Crippen LogP contribution >= 0.6 is 0 Å². The molecule has 0 aromatic heterocycles. The van der Waals surface area contributed by atoms with Gasteiger partial charge in [-0.05, 0) is 30.0 Å². The number of phenols is 1. The molecule has 2 rings (SSSR count). The van der Waals surface area contributed by atoms with E-state index in [4.69, 9.17) is 18.9 Å². The Bertz CT molecular complexity index is 929.